The molecule has 4 aromatic carbocycles. The van der Waals surface area contributed by atoms with Crippen LogP contribution in [0.15, 0.2) is 54.6 Å². The molecule has 0 saturated carbocycles. The van der Waals surface area contributed by atoms with Gasteiger partial charge >= 0.3 is 0 Å². The molecule has 4 aromatic rings. The number of rotatable bonds is 2. The van der Waals surface area contributed by atoms with Crippen LogP contribution in [-0.4, -0.2) is 11.8 Å². The lowest BCUT2D eigenvalue weighted by Crippen LogP contribution is -2.22. The molecule has 0 aliphatic heterocycles. The average Bonchev–Trinajstić information content (AvgIpc) is 2.59. The molecule has 2 amide bonds. The second-order valence-corrected chi connectivity index (χ2v) is 5.63. The molecule has 0 aliphatic carbocycles. The first kappa shape index (κ1) is 13.7. The molecule has 111 valence electrons. The van der Waals surface area contributed by atoms with Gasteiger partial charge in [0.05, 0.1) is 0 Å². The van der Waals surface area contributed by atoms with Crippen LogP contribution in [0.3, 0.4) is 0 Å². The minimum atomic E-state index is -0.463. The highest BCUT2D eigenvalue weighted by Crippen LogP contribution is 2.35. The zero-order chi connectivity index (χ0) is 16.0. The van der Waals surface area contributed by atoms with Crippen molar-refractivity contribution in [2.24, 2.45) is 0 Å². The third-order valence-electron chi connectivity index (χ3n) is 4.29. The highest BCUT2D eigenvalue weighted by molar-refractivity contribution is 6.26. The summed E-state index contributed by atoms with van der Waals surface area (Å²) in [7, 11) is 0. The summed E-state index contributed by atoms with van der Waals surface area (Å²) in [6.07, 6.45) is 0.234. The first-order chi connectivity index (χ1) is 11.2. The number of hydrogen-bond donors (Lipinski definition) is 0. The predicted molar refractivity (Wildman–Crippen MR) is 91.9 cm³/mol. The molecule has 23 heavy (non-hydrogen) atoms. The van der Waals surface area contributed by atoms with Crippen molar-refractivity contribution in [3.05, 3.63) is 60.2 Å². The number of carbonyl (C=O) groups excluding carboxylic acids is 2. The molecule has 4 rings (SSSR count). The van der Waals surface area contributed by atoms with Crippen LogP contribution in [0.5, 0.6) is 0 Å². The van der Waals surface area contributed by atoms with Crippen molar-refractivity contribution in [2.45, 2.75) is 13.3 Å². The molecule has 0 unspecified atom stereocenters. The maximum atomic E-state index is 12.4. The van der Waals surface area contributed by atoms with Crippen LogP contribution in [0.2, 0.25) is 0 Å². The van der Waals surface area contributed by atoms with E-state index in [2.05, 4.69) is 29.6 Å². The number of benzene rings is 4. The zero-order valence-electron chi connectivity index (χ0n) is 12.7. The third kappa shape index (κ3) is 2.05. The van der Waals surface area contributed by atoms with Crippen LogP contribution >= 0.6 is 0 Å². The van der Waals surface area contributed by atoms with E-state index < -0.39 is 5.91 Å². The Hall–Kier alpha value is -2.94. The SMILES string of the molecule is CCC(=O)[N]C(=O)c1ccc2ccc3cccc4ccc1c2c34. The van der Waals surface area contributed by atoms with Gasteiger partial charge in [-0.05, 0) is 38.4 Å². The number of amides is 2. The van der Waals surface area contributed by atoms with Crippen LogP contribution < -0.4 is 5.32 Å². The highest BCUT2D eigenvalue weighted by Gasteiger charge is 2.17. The Bertz CT molecular complexity index is 1050. The van der Waals surface area contributed by atoms with Gasteiger partial charge in [-0.25, -0.2) is 0 Å². The van der Waals surface area contributed by atoms with Gasteiger partial charge in [0.1, 0.15) is 0 Å². The minimum absolute atomic E-state index is 0.234. The summed E-state index contributed by atoms with van der Waals surface area (Å²) in [5.41, 5.74) is 0.484. The van der Waals surface area contributed by atoms with Gasteiger partial charge in [0.15, 0.2) is 0 Å². The van der Waals surface area contributed by atoms with Gasteiger partial charge in [-0.3, -0.25) is 9.59 Å². The van der Waals surface area contributed by atoms with E-state index in [-0.39, 0.29) is 12.3 Å². The fourth-order valence-electron chi connectivity index (χ4n) is 3.17. The number of imide groups is 1. The minimum Gasteiger partial charge on any atom is -0.273 e. The topological polar surface area (TPSA) is 48.2 Å². The molecule has 0 aromatic heterocycles. The van der Waals surface area contributed by atoms with Gasteiger partial charge in [0.25, 0.3) is 5.91 Å². The van der Waals surface area contributed by atoms with Crippen molar-refractivity contribution >= 4 is 44.1 Å². The van der Waals surface area contributed by atoms with E-state index >= 15 is 0 Å². The molecule has 0 bridgehead atoms. The van der Waals surface area contributed by atoms with Gasteiger partial charge in [-0.1, -0.05) is 55.5 Å². The van der Waals surface area contributed by atoms with Crippen molar-refractivity contribution in [2.75, 3.05) is 0 Å². The first-order valence-corrected chi connectivity index (χ1v) is 7.64. The fraction of sp³-hybridized carbons (Fsp3) is 0.100. The van der Waals surface area contributed by atoms with Gasteiger partial charge in [0, 0.05) is 12.0 Å². The Balaban J connectivity index is 2.03. The van der Waals surface area contributed by atoms with Crippen molar-refractivity contribution in [1.82, 2.24) is 5.32 Å². The summed E-state index contributed by atoms with van der Waals surface area (Å²) in [5, 5.41) is 10.1. The second kappa shape index (κ2) is 5.06. The highest BCUT2D eigenvalue weighted by atomic mass is 16.2. The van der Waals surface area contributed by atoms with E-state index in [1.54, 1.807) is 13.0 Å². The second-order valence-electron chi connectivity index (χ2n) is 5.63. The number of carbonyl (C=O) groups is 2. The van der Waals surface area contributed by atoms with Gasteiger partial charge in [0.2, 0.25) is 5.91 Å². The zero-order valence-corrected chi connectivity index (χ0v) is 12.7. The maximum Gasteiger partial charge on any atom is 0.280 e. The summed E-state index contributed by atoms with van der Waals surface area (Å²) in [6.45, 7) is 1.70. The molecule has 0 atom stereocenters. The fourth-order valence-corrected chi connectivity index (χ4v) is 3.17. The Morgan fingerprint density at radius 2 is 1.43 bits per heavy atom. The molecule has 0 N–H and O–H groups in total. The van der Waals surface area contributed by atoms with Crippen LogP contribution in [0.1, 0.15) is 23.7 Å². The summed E-state index contributed by atoms with van der Waals surface area (Å²) >= 11 is 0. The van der Waals surface area contributed by atoms with Gasteiger partial charge in [-0.15, -0.1) is 0 Å². The van der Waals surface area contributed by atoms with Crippen molar-refractivity contribution in [3.8, 4) is 0 Å². The van der Waals surface area contributed by atoms with E-state index in [1.165, 1.54) is 0 Å². The Morgan fingerprint density at radius 1 is 0.826 bits per heavy atom. The Morgan fingerprint density at radius 3 is 2.13 bits per heavy atom. The summed E-state index contributed by atoms with van der Waals surface area (Å²) < 4.78 is 0. The smallest absolute Gasteiger partial charge is 0.273 e. The lowest BCUT2D eigenvalue weighted by molar-refractivity contribution is -0.120. The molecule has 3 heteroatoms. The first-order valence-electron chi connectivity index (χ1n) is 7.64. The lowest BCUT2D eigenvalue weighted by Gasteiger charge is -2.12. The average molecular weight is 300 g/mol. The third-order valence-corrected chi connectivity index (χ3v) is 4.29. The van der Waals surface area contributed by atoms with E-state index in [0.717, 1.165) is 32.3 Å². The Kier molecular flexibility index (Phi) is 3.01. The summed E-state index contributed by atoms with van der Waals surface area (Å²) in [6, 6.07) is 18.0. The van der Waals surface area contributed by atoms with Crippen molar-refractivity contribution in [1.29, 1.82) is 0 Å². The van der Waals surface area contributed by atoms with E-state index in [1.807, 2.05) is 24.3 Å². The quantitative estimate of drug-likeness (QED) is 0.519. The van der Waals surface area contributed by atoms with Crippen molar-refractivity contribution in [3.63, 3.8) is 0 Å². The molecule has 0 heterocycles. The van der Waals surface area contributed by atoms with Crippen LogP contribution in [0.4, 0.5) is 0 Å². The van der Waals surface area contributed by atoms with E-state index in [9.17, 15) is 9.59 Å². The van der Waals surface area contributed by atoms with Crippen LogP contribution in [0, 0.1) is 0 Å². The van der Waals surface area contributed by atoms with E-state index in [0.29, 0.717) is 5.56 Å². The molecule has 1 radical (unpaired) electrons. The Labute approximate surface area is 133 Å². The van der Waals surface area contributed by atoms with Crippen LogP contribution in [0.25, 0.3) is 32.3 Å². The number of hydrogen-bond acceptors (Lipinski definition) is 2. The summed E-state index contributed by atoms with van der Waals surface area (Å²) in [5.74, 6) is -0.851. The lowest BCUT2D eigenvalue weighted by atomic mass is 9.92. The van der Waals surface area contributed by atoms with E-state index in [4.69, 9.17) is 0 Å². The summed E-state index contributed by atoms with van der Waals surface area (Å²) in [4.78, 5) is 23.9. The molecular weight excluding hydrogens is 286 g/mol. The molecule has 3 nitrogen and oxygen atoms in total. The molecule has 0 spiro atoms. The monoisotopic (exact) mass is 300 g/mol. The molecule has 0 saturated heterocycles. The standard InChI is InChI=1S/C20H14NO2/c1-2-17(22)21-20(23)16-11-9-14-7-6-12-4-3-5-13-8-10-15(16)19(14)18(12)13/h3-11H,2H2,1H3. The van der Waals surface area contributed by atoms with Crippen LogP contribution in [-0.2, 0) is 4.79 Å². The maximum absolute atomic E-state index is 12.4. The molecule has 0 fully saturated rings. The molecular formula is C20H14NO2. The number of nitrogens with zero attached hydrogens (tertiary/aromatic N) is 1. The predicted octanol–water partition coefficient (Wildman–Crippen LogP) is 4.27. The van der Waals surface area contributed by atoms with Crippen molar-refractivity contribution < 1.29 is 9.59 Å². The normalized spacial score (nSPS) is 11.3. The van der Waals surface area contributed by atoms with Gasteiger partial charge < -0.3 is 0 Å². The van der Waals surface area contributed by atoms with Gasteiger partial charge in [-0.2, -0.15) is 5.32 Å². The molecule has 0 aliphatic rings. The largest absolute Gasteiger partial charge is 0.280 e.